The zero-order chi connectivity index (χ0) is 10.2. The highest BCUT2D eigenvalue weighted by molar-refractivity contribution is 7.16. The lowest BCUT2D eigenvalue weighted by Crippen LogP contribution is -2.25. The Morgan fingerprint density at radius 1 is 1.08 bits per heavy atom. The summed E-state index contributed by atoms with van der Waals surface area (Å²) in [6.07, 6.45) is 0. The number of hydrogen-bond donors (Lipinski definition) is 0. The van der Waals surface area contributed by atoms with Crippen molar-refractivity contribution in [2.24, 2.45) is 0 Å². The summed E-state index contributed by atoms with van der Waals surface area (Å²) in [5.74, 6) is 0. The zero-order valence-corrected chi connectivity index (χ0v) is 10.2. The van der Waals surface area contributed by atoms with E-state index in [1.54, 1.807) is 0 Å². The Labute approximate surface area is 85.4 Å². The summed E-state index contributed by atoms with van der Waals surface area (Å²) in [5, 5.41) is 1.42. The average molecular weight is 197 g/mol. The van der Waals surface area contributed by atoms with Crippen LogP contribution in [0.3, 0.4) is 0 Å². The van der Waals surface area contributed by atoms with Gasteiger partial charge in [0, 0.05) is 18.0 Å². The molecular weight excluding hydrogens is 178 g/mol. The van der Waals surface area contributed by atoms with Gasteiger partial charge in [0.1, 0.15) is 0 Å². The van der Waals surface area contributed by atoms with Gasteiger partial charge in [-0.25, -0.2) is 0 Å². The van der Waals surface area contributed by atoms with E-state index in [4.69, 9.17) is 0 Å². The lowest BCUT2D eigenvalue weighted by molar-refractivity contribution is 0.759. The second kappa shape index (κ2) is 3.70. The van der Waals surface area contributed by atoms with Crippen LogP contribution in [0.25, 0.3) is 0 Å². The number of hydrogen-bond acceptors (Lipinski definition) is 2. The Hall–Kier alpha value is -0.500. The summed E-state index contributed by atoms with van der Waals surface area (Å²) in [7, 11) is 2.17. The van der Waals surface area contributed by atoms with Crippen LogP contribution in [0.4, 0.5) is 5.00 Å². The van der Waals surface area contributed by atoms with Gasteiger partial charge < -0.3 is 4.90 Å². The monoisotopic (exact) mass is 197 g/mol. The maximum atomic E-state index is 2.35. The molecule has 1 aromatic rings. The molecule has 74 valence electrons. The average Bonchev–Trinajstić information content (AvgIpc) is 2.31. The molecule has 0 saturated carbocycles. The van der Waals surface area contributed by atoms with Crippen LogP contribution in [0.5, 0.6) is 0 Å². The molecule has 13 heavy (non-hydrogen) atoms. The van der Waals surface area contributed by atoms with Gasteiger partial charge in [0.15, 0.2) is 0 Å². The van der Waals surface area contributed by atoms with Crippen LogP contribution in [-0.2, 0) is 0 Å². The third kappa shape index (κ3) is 1.88. The van der Waals surface area contributed by atoms with Gasteiger partial charge in [-0.05, 0) is 45.7 Å². The van der Waals surface area contributed by atoms with Crippen LogP contribution >= 0.6 is 11.3 Å². The second-order valence-corrected chi connectivity index (χ2v) is 5.12. The van der Waals surface area contributed by atoms with Crippen molar-refractivity contribution < 1.29 is 0 Å². The van der Waals surface area contributed by atoms with Crippen LogP contribution in [0.1, 0.15) is 29.9 Å². The molecule has 1 aromatic heterocycles. The fourth-order valence-corrected chi connectivity index (χ4v) is 2.55. The number of aryl methyl sites for hydroxylation is 1. The van der Waals surface area contributed by atoms with Gasteiger partial charge >= 0.3 is 0 Å². The molecule has 0 aliphatic carbocycles. The van der Waals surface area contributed by atoms with E-state index in [1.165, 1.54) is 21.0 Å². The number of nitrogens with zero attached hydrogens (tertiary/aromatic N) is 1. The standard InChI is InChI=1S/C11H19NS/c1-7(2)12(6)11-9(4)8(3)10(5)13-11/h7H,1-6H3. The van der Waals surface area contributed by atoms with Crippen molar-refractivity contribution in [1.29, 1.82) is 0 Å². The van der Waals surface area contributed by atoms with Crippen LogP contribution in [0.2, 0.25) is 0 Å². The quantitative estimate of drug-likeness (QED) is 0.701. The Morgan fingerprint density at radius 3 is 1.92 bits per heavy atom. The van der Waals surface area contributed by atoms with Crippen molar-refractivity contribution in [1.82, 2.24) is 0 Å². The van der Waals surface area contributed by atoms with E-state index >= 15 is 0 Å². The van der Waals surface area contributed by atoms with Gasteiger partial charge in [0.2, 0.25) is 0 Å². The lowest BCUT2D eigenvalue weighted by Gasteiger charge is -2.22. The second-order valence-electron chi connectivity index (χ2n) is 3.92. The van der Waals surface area contributed by atoms with Crippen LogP contribution < -0.4 is 4.90 Å². The van der Waals surface area contributed by atoms with Crippen molar-refractivity contribution in [3.05, 3.63) is 16.0 Å². The lowest BCUT2D eigenvalue weighted by atomic mass is 10.2. The van der Waals surface area contributed by atoms with Crippen LogP contribution in [0, 0.1) is 20.8 Å². The van der Waals surface area contributed by atoms with Gasteiger partial charge in [-0.1, -0.05) is 0 Å². The van der Waals surface area contributed by atoms with Gasteiger partial charge in [-0.3, -0.25) is 0 Å². The summed E-state index contributed by atoms with van der Waals surface area (Å²) in [6.45, 7) is 11.1. The minimum absolute atomic E-state index is 0.580. The Bertz CT molecular complexity index is 299. The Kier molecular flexibility index (Phi) is 3.01. The molecule has 0 fully saturated rings. The van der Waals surface area contributed by atoms with E-state index in [0.717, 1.165) is 0 Å². The highest BCUT2D eigenvalue weighted by atomic mass is 32.1. The van der Waals surface area contributed by atoms with Gasteiger partial charge in [0.05, 0.1) is 5.00 Å². The first-order valence-electron chi connectivity index (χ1n) is 4.74. The maximum Gasteiger partial charge on any atom is 0.0943 e. The molecule has 1 nitrogen and oxygen atoms in total. The molecule has 0 amide bonds. The summed E-state index contributed by atoms with van der Waals surface area (Å²) in [5.41, 5.74) is 2.89. The number of rotatable bonds is 2. The van der Waals surface area contributed by atoms with E-state index in [2.05, 4.69) is 46.6 Å². The molecule has 0 bridgehead atoms. The van der Waals surface area contributed by atoms with Crippen LogP contribution in [0.15, 0.2) is 0 Å². The third-order valence-corrected chi connectivity index (χ3v) is 4.16. The minimum Gasteiger partial charge on any atom is -0.364 e. The van der Waals surface area contributed by atoms with Gasteiger partial charge in [0.25, 0.3) is 0 Å². The fourth-order valence-electron chi connectivity index (χ4n) is 1.29. The fraction of sp³-hybridized carbons (Fsp3) is 0.636. The maximum absolute atomic E-state index is 2.35. The van der Waals surface area contributed by atoms with Gasteiger partial charge in [-0.15, -0.1) is 11.3 Å². The Morgan fingerprint density at radius 2 is 1.62 bits per heavy atom. The molecule has 0 unspecified atom stereocenters. The summed E-state index contributed by atoms with van der Waals surface area (Å²) in [6, 6.07) is 0.580. The van der Waals surface area contributed by atoms with E-state index < -0.39 is 0 Å². The van der Waals surface area contributed by atoms with Crippen molar-refractivity contribution in [2.45, 2.75) is 40.7 Å². The summed E-state index contributed by atoms with van der Waals surface area (Å²) in [4.78, 5) is 3.79. The molecule has 0 N–H and O–H groups in total. The Balaban J connectivity index is 3.08. The SMILES string of the molecule is Cc1sc(N(C)C(C)C)c(C)c1C. The van der Waals surface area contributed by atoms with Crippen LogP contribution in [-0.4, -0.2) is 13.1 Å². The van der Waals surface area contributed by atoms with Crippen molar-refractivity contribution in [2.75, 3.05) is 11.9 Å². The van der Waals surface area contributed by atoms with E-state index in [-0.39, 0.29) is 0 Å². The largest absolute Gasteiger partial charge is 0.364 e. The molecule has 0 saturated heterocycles. The normalized spacial score (nSPS) is 11.0. The van der Waals surface area contributed by atoms with Crippen molar-refractivity contribution in [3.8, 4) is 0 Å². The van der Waals surface area contributed by atoms with E-state index in [1.807, 2.05) is 11.3 Å². The molecule has 1 heterocycles. The predicted octanol–water partition coefficient (Wildman–Crippen LogP) is 3.52. The first-order chi connectivity index (χ1) is 5.95. The molecule has 0 aromatic carbocycles. The summed E-state index contributed by atoms with van der Waals surface area (Å²) < 4.78 is 0. The highest BCUT2D eigenvalue weighted by Gasteiger charge is 2.13. The minimum atomic E-state index is 0.580. The number of anilines is 1. The molecule has 0 atom stereocenters. The molecule has 2 heteroatoms. The van der Waals surface area contributed by atoms with E-state index in [9.17, 15) is 0 Å². The van der Waals surface area contributed by atoms with Gasteiger partial charge in [-0.2, -0.15) is 0 Å². The highest BCUT2D eigenvalue weighted by Crippen LogP contribution is 2.34. The third-order valence-electron chi connectivity index (χ3n) is 2.76. The molecule has 1 rings (SSSR count). The zero-order valence-electron chi connectivity index (χ0n) is 9.43. The van der Waals surface area contributed by atoms with Crippen molar-refractivity contribution in [3.63, 3.8) is 0 Å². The molecular formula is C11H19NS. The summed E-state index contributed by atoms with van der Waals surface area (Å²) >= 11 is 1.90. The number of thiophene rings is 1. The topological polar surface area (TPSA) is 3.24 Å². The molecule has 0 aliphatic heterocycles. The van der Waals surface area contributed by atoms with Crippen molar-refractivity contribution >= 4 is 16.3 Å². The molecule has 0 radical (unpaired) electrons. The first-order valence-corrected chi connectivity index (χ1v) is 5.56. The molecule has 0 aliphatic rings. The van der Waals surface area contributed by atoms with E-state index in [0.29, 0.717) is 6.04 Å². The first kappa shape index (κ1) is 10.6. The smallest absolute Gasteiger partial charge is 0.0943 e. The molecule has 0 spiro atoms. The predicted molar refractivity (Wildman–Crippen MR) is 62.1 cm³/mol.